The molecule has 2 saturated heterocycles. The molecule has 2 aromatic heterocycles. The molecule has 0 spiro atoms. The van der Waals surface area contributed by atoms with Gasteiger partial charge in [-0.15, -0.1) is 0 Å². The minimum atomic E-state index is -0.178. The van der Waals surface area contributed by atoms with Gasteiger partial charge in [-0.25, -0.2) is 0 Å². The van der Waals surface area contributed by atoms with Crippen molar-refractivity contribution in [2.75, 3.05) is 31.6 Å². The highest BCUT2D eigenvalue weighted by molar-refractivity contribution is 8.23. The van der Waals surface area contributed by atoms with Gasteiger partial charge in [0.25, 0.3) is 11.8 Å². The summed E-state index contributed by atoms with van der Waals surface area (Å²) in [6, 6.07) is 6.84. The third-order valence-electron chi connectivity index (χ3n) is 5.60. The van der Waals surface area contributed by atoms with Crippen molar-refractivity contribution in [3.05, 3.63) is 60.2 Å². The van der Waals surface area contributed by atoms with E-state index >= 15 is 0 Å². The summed E-state index contributed by atoms with van der Waals surface area (Å²) >= 11 is 14.2. The summed E-state index contributed by atoms with van der Waals surface area (Å²) in [6.07, 6.45) is 7.19. The zero-order valence-electron chi connectivity index (χ0n) is 19.6. The monoisotopic (exact) mass is 562 g/mol. The lowest BCUT2D eigenvalue weighted by molar-refractivity contribution is 0.0701. The number of nitrogens with zero attached hydrogens (tertiary/aromatic N) is 6. The molecule has 190 valence electrons. The number of thioether (sulfide) groups is 2. The van der Waals surface area contributed by atoms with Crippen LogP contribution in [0.4, 0.5) is 0 Å². The summed E-state index contributed by atoms with van der Waals surface area (Å²) in [6.45, 7) is 3.83. The van der Waals surface area contributed by atoms with Gasteiger partial charge in [-0.05, 0) is 37.6 Å². The second-order valence-corrected chi connectivity index (χ2v) is 11.3. The third kappa shape index (κ3) is 7.11. The quantitative estimate of drug-likeness (QED) is 0.462. The fourth-order valence-electron chi connectivity index (χ4n) is 3.57. The topological polar surface area (TPSA) is 96.9 Å². The van der Waals surface area contributed by atoms with Crippen molar-refractivity contribution < 1.29 is 9.59 Å². The third-order valence-corrected chi connectivity index (χ3v) is 8.67. The number of aromatic nitrogens is 2. The Balaban J connectivity index is 1.28. The van der Waals surface area contributed by atoms with E-state index in [2.05, 4.69) is 37.5 Å². The van der Waals surface area contributed by atoms with E-state index in [4.69, 9.17) is 24.4 Å². The van der Waals surface area contributed by atoms with Crippen LogP contribution in [0.5, 0.6) is 0 Å². The number of nitrogens with one attached hydrogen (secondary N) is 2. The second-order valence-electron chi connectivity index (χ2n) is 8.17. The Morgan fingerprint density at radius 1 is 0.889 bits per heavy atom. The highest BCUT2D eigenvalue weighted by Crippen LogP contribution is 2.23. The maximum atomic E-state index is 12.5. The van der Waals surface area contributed by atoms with Gasteiger partial charge in [0.15, 0.2) is 0 Å². The first kappa shape index (κ1) is 26.7. The fraction of sp³-hybridized carbons (Fsp3) is 0.364. The summed E-state index contributed by atoms with van der Waals surface area (Å²) in [5.74, 6) is 0.810. The molecular formula is C22H26N8O2S4. The molecule has 1 unspecified atom stereocenters. The van der Waals surface area contributed by atoms with Crippen LogP contribution in [0.25, 0.3) is 0 Å². The van der Waals surface area contributed by atoms with Crippen molar-refractivity contribution in [2.24, 2.45) is 0 Å². The molecule has 10 nitrogen and oxygen atoms in total. The van der Waals surface area contributed by atoms with Crippen LogP contribution in [0.2, 0.25) is 0 Å². The molecule has 1 atom stereocenters. The summed E-state index contributed by atoms with van der Waals surface area (Å²) < 4.78 is 1.61. The van der Waals surface area contributed by atoms with Crippen molar-refractivity contribution in [1.82, 2.24) is 40.6 Å². The molecule has 0 radical (unpaired) electrons. The molecule has 0 bridgehead atoms. The summed E-state index contributed by atoms with van der Waals surface area (Å²) in [5, 5.41) is 3.71. The Kier molecular flexibility index (Phi) is 9.45. The van der Waals surface area contributed by atoms with Crippen LogP contribution in [0.15, 0.2) is 49.1 Å². The smallest absolute Gasteiger partial charge is 0.265 e. The molecule has 2 amide bonds. The van der Waals surface area contributed by atoms with Crippen molar-refractivity contribution in [3.63, 3.8) is 0 Å². The van der Waals surface area contributed by atoms with Gasteiger partial charge < -0.3 is 9.80 Å². The van der Waals surface area contributed by atoms with Crippen LogP contribution >= 0.6 is 48.0 Å². The van der Waals surface area contributed by atoms with Crippen molar-refractivity contribution >= 4 is 68.4 Å². The molecule has 36 heavy (non-hydrogen) atoms. The molecule has 2 fully saturated rings. The predicted octanol–water partition coefficient (Wildman–Crippen LogP) is 2.35. The molecule has 4 rings (SSSR count). The number of carbonyl (C=O) groups excluding carboxylic acids is 2. The normalized spacial score (nSPS) is 18.1. The zero-order chi connectivity index (χ0) is 25.5. The average Bonchev–Trinajstić information content (AvgIpc) is 2.90. The average molecular weight is 563 g/mol. The number of rotatable bonds is 8. The van der Waals surface area contributed by atoms with E-state index in [0.29, 0.717) is 42.8 Å². The van der Waals surface area contributed by atoms with Crippen LogP contribution in [0.3, 0.4) is 0 Å². The molecule has 14 heteroatoms. The van der Waals surface area contributed by atoms with Crippen molar-refractivity contribution in [1.29, 1.82) is 0 Å². The van der Waals surface area contributed by atoms with Crippen LogP contribution in [-0.2, 0) is 0 Å². The minimum absolute atomic E-state index is 0.125. The van der Waals surface area contributed by atoms with Crippen molar-refractivity contribution in [2.45, 2.75) is 19.4 Å². The van der Waals surface area contributed by atoms with Crippen molar-refractivity contribution in [3.8, 4) is 0 Å². The van der Waals surface area contributed by atoms with Crippen LogP contribution < -0.4 is 10.9 Å². The second kappa shape index (κ2) is 12.7. The highest BCUT2D eigenvalue weighted by atomic mass is 32.2. The van der Waals surface area contributed by atoms with Crippen LogP contribution in [0, 0.1) is 0 Å². The number of carbonyl (C=O) groups is 2. The largest absolute Gasteiger partial charge is 0.343 e. The van der Waals surface area contributed by atoms with E-state index in [-0.39, 0.29) is 17.9 Å². The molecular weight excluding hydrogens is 537 g/mol. The number of hydrogen-bond donors (Lipinski definition) is 2. The molecule has 0 aromatic carbocycles. The van der Waals surface area contributed by atoms with Gasteiger partial charge in [0, 0.05) is 48.5 Å². The van der Waals surface area contributed by atoms with E-state index < -0.39 is 0 Å². The number of pyridine rings is 2. The SMILES string of the molecule is CC(CCN1CN(NC(=O)c2ccncc2)CSC1=S)N1CN(NC(=O)c2ccncc2)CSC1=S. The zero-order valence-corrected chi connectivity index (χ0v) is 22.8. The lowest BCUT2D eigenvalue weighted by Gasteiger charge is -2.41. The van der Waals surface area contributed by atoms with E-state index in [1.165, 1.54) is 23.5 Å². The fourth-order valence-corrected chi connectivity index (χ4v) is 5.83. The van der Waals surface area contributed by atoms with Gasteiger partial charge in [-0.3, -0.25) is 30.4 Å². The summed E-state index contributed by atoms with van der Waals surface area (Å²) in [7, 11) is 0. The van der Waals surface area contributed by atoms with E-state index in [0.717, 1.165) is 15.1 Å². The molecule has 2 N–H and O–H groups in total. The lowest BCUT2D eigenvalue weighted by atomic mass is 10.2. The minimum Gasteiger partial charge on any atom is -0.343 e. The van der Waals surface area contributed by atoms with E-state index in [1.807, 2.05) is 10.0 Å². The Hall–Kier alpha value is -2.36. The first-order valence-electron chi connectivity index (χ1n) is 11.2. The van der Waals surface area contributed by atoms with Gasteiger partial charge >= 0.3 is 0 Å². The maximum Gasteiger partial charge on any atom is 0.265 e. The molecule has 2 aliphatic rings. The Morgan fingerprint density at radius 3 is 1.94 bits per heavy atom. The standard InChI is InChI=1S/C22H26N8O2S4/c1-16(30-13-29(15-36-22(30)34)26-20(32)18-4-9-24-10-5-18)6-11-27-12-28(14-35-21(27)33)25-19(31)17-2-7-23-8-3-17/h2-5,7-10,16H,6,11-15H2,1H3,(H,25,31)(H,26,32). The van der Waals surface area contributed by atoms with Gasteiger partial charge in [0.1, 0.15) is 8.64 Å². The van der Waals surface area contributed by atoms with Gasteiger partial charge in [0.05, 0.1) is 25.1 Å². The van der Waals surface area contributed by atoms with Crippen LogP contribution in [0.1, 0.15) is 34.1 Å². The Labute approximate surface area is 229 Å². The van der Waals surface area contributed by atoms with E-state index in [9.17, 15) is 9.59 Å². The Morgan fingerprint density at radius 2 is 1.39 bits per heavy atom. The molecule has 0 aliphatic carbocycles. The summed E-state index contributed by atoms with van der Waals surface area (Å²) in [4.78, 5) is 37.1. The first-order valence-corrected chi connectivity index (χ1v) is 14.0. The number of thiocarbonyl (C=S) groups is 2. The van der Waals surface area contributed by atoms with Gasteiger partial charge in [-0.1, -0.05) is 48.0 Å². The maximum absolute atomic E-state index is 12.5. The first-order chi connectivity index (χ1) is 17.4. The van der Waals surface area contributed by atoms with E-state index in [1.54, 1.807) is 49.1 Å². The highest BCUT2D eigenvalue weighted by Gasteiger charge is 2.29. The van der Waals surface area contributed by atoms with Gasteiger partial charge in [-0.2, -0.15) is 10.0 Å². The number of hydrazine groups is 2. The lowest BCUT2D eigenvalue weighted by Crippen LogP contribution is -2.56. The molecule has 0 saturated carbocycles. The molecule has 2 aromatic rings. The molecule has 4 heterocycles. The predicted molar refractivity (Wildman–Crippen MR) is 150 cm³/mol. The van der Waals surface area contributed by atoms with Gasteiger partial charge in [0.2, 0.25) is 0 Å². The van der Waals surface area contributed by atoms with Crippen LogP contribution in [-0.4, -0.2) is 87.9 Å². The number of amides is 2. The summed E-state index contributed by atoms with van der Waals surface area (Å²) in [5.41, 5.74) is 7.00. The number of hydrogen-bond acceptors (Lipinski definition) is 10. The molecule has 2 aliphatic heterocycles. The Bertz CT molecular complexity index is 1090.